The number of pyridine rings is 1. The molecule has 3 N–H and O–H groups in total. The van der Waals surface area contributed by atoms with E-state index in [1.807, 2.05) is 30.3 Å². The highest BCUT2D eigenvalue weighted by molar-refractivity contribution is 5.14. The third kappa shape index (κ3) is 3.58. The van der Waals surface area contributed by atoms with Gasteiger partial charge in [0.05, 0.1) is 6.10 Å². The molecule has 0 amide bonds. The van der Waals surface area contributed by atoms with Crippen LogP contribution in [-0.2, 0) is 0 Å². The van der Waals surface area contributed by atoms with Gasteiger partial charge in [-0.3, -0.25) is 9.88 Å². The Morgan fingerprint density at radius 3 is 2.80 bits per heavy atom. The van der Waals surface area contributed by atoms with Crippen LogP contribution in [0.2, 0.25) is 0 Å². The van der Waals surface area contributed by atoms with E-state index in [1.165, 1.54) is 0 Å². The van der Waals surface area contributed by atoms with Crippen LogP contribution in [0.15, 0.2) is 24.5 Å². The molecule has 0 radical (unpaired) electrons. The second-order valence-corrected chi connectivity index (χ2v) is 3.83. The van der Waals surface area contributed by atoms with Gasteiger partial charge < -0.3 is 10.8 Å². The Balaban J connectivity index is 2.71. The number of likely N-dealkylation sites (N-methyl/N-ethyl adjacent to an activating group) is 1. The molecule has 1 aromatic rings. The van der Waals surface area contributed by atoms with Gasteiger partial charge in [-0.2, -0.15) is 0 Å². The van der Waals surface area contributed by atoms with Gasteiger partial charge >= 0.3 is 0 Å². The highest BCUT2D eigenvalue weighted by Crippen LogP contribution is 2.16. The van der Waals surface area contributed by atoms with Crippen LogP contribution in [0.5, 0.6) is 0 Å². The lowest BCUT2D eigenvalue weighted by Crippen LogP contribution is -2.35. The van der Waals surface area contributed by atoms with Crippen molar-refractivity contribution in [3.8, 4) is 0 Å². The van der Waals surface area contributed by atoms with Crippen LogP contribution in [0.1, 0.15) is 18.5 Å². The molecule has 84 valence electrons. The molecule has 4 heteroatoms. The van der Waals surface area contributed by atoms with E-state index in [-0.39, 0.29) is 12.1 Å². The van der Waals surface area contributed by atoms with E-state index in [0.29, 0.717) is 13.1 Å². The average Bonchev–Trinajstić information content (AvgIpc) is 2.19. The van der Waals surface area contributed by atoms with Crippen molar-refractivity contribution in [3.63, 3.8) is 0 Å². The quantitative estimate of drug-likeness (QED) is 0.736. The fraction of sp³-hybridized carbons (Fsp3) is 0.545. The molecule has 1 heterocycles. The van der Waals surface area contributed by atoms with Gasteiger partial charge in [0.2, 0.25) is 0 Å². The van der Waals surface area contributed by atoms with Gasteiger partial charge in [-0.1, -0.05) is 6.07 Å². The van der Waals surface area contributed by atoms with Gasteiger partial charge in [0, 0.05) is 31.5 Å². The number of hydrogen-bond donors (Lipinski definition) is 2. The first-order valence-corrected chi connectivity index (χ1v) is 5.13. The monoisotopic (exact) mass is 209 g/mol. The molecule has 2 atom stereocenters. The van der Waals surface area contributed by atoms with Crippen molar-refractivity contribution in [1.82, 2.24) is 9.88 Å². The summed E-state index contributed by atoms with van der Waals surface area (Å²) in [6, 6.07) is 4.02. The average molecular weight is 209 g/mol. The fourth-order valence-electron chi connectivity index (χ4n) is 1.69. The van der Waals surface area contributed by atoms with E-state index in [2.05, 4.69) is 4.98 Å². The molecule has 1 aromatic heterocycles. The van der Waals surface area contributed by atoms with Crippen molar-refractivity contribution in [2.45, 2.75) is 19.1 Å². The van der Waals surface area contributed by atoms with Crippen LogP contribution in [-0.4, -0.2) is 41.2 Å². The normalized spacial score (nSPS) is 15.3. The molecule has 0 spiro atoms. The predicted octanol–water partition coefficient (Wildman–Crippen LogP) is 0.394. The Labute approximate surface area is 90.7 Å². The molecule has 0 aromatic carbocycles. The number of rotatable bonds is 5. The maximum absolute atomic E-state index is 9.32. The van der Waals surface area contributed by atoms with Crippen LogP contribution in [0.25, 0.3) is 0 Å². The Morgan fingerprint density at radius 2 is 2.33 bits per heavy atom. The molecule has 0 aliphatic rings. The Kier molecular flexibility index (Phi) is 4.68. The summed E-state index contributed by atoms with van der Waals surface area (Å²) in [5.41, 5.74) is 6.82. The first kappa shape index (κ1) is 12.1. The third-order valence-electron chi connectivity index (χ3n) is 2.38. The molecule has 4 nitrogen and oxygen atoms in total. The second kappa shape index (κ2) is 5.80. The van der Waals surface area contributed by atoms with Crippen molar-refractivity contribution >= 4 is 0 Å². The predicted molar refractivity (Wildman–Crippen MR) is 60.3 cm³/mol. The smallest absolute Gasteiger partial charge is 0.0639 e. The zero-order valence-electron chi connectivity index (χ0n) is 9.30. The summed E-state index contributed by atoms with van der Waals surface area (Å²) >= 11 is 0. The molecular formula is C11H19N3O. The molecule has 2 unspecified atom stereocenters. The standard InChI is InChI=1S/C11H19N3O/c1-9(15)8-14(2)11(6-12)10-4-3-5-13-7-10/h3-5,7,9,11,15H,6,8,12H2,1-2H3. The molecule has 0 saturated heterocycles. The first-order valence-electron chi connectivity index (χ1n) is 5.13. The molecule has 0 aliphatic carbocycles. The van der Waals surface area contributed by atoms with Gasteiger partial charge in [-0.15, -0.1) is 0 Å². The lowest BCUT2D eigenvalue weighted by Gasteiger charge is -2.27. The summed E-state index contributed by atoms with van der Waals surface area (Å²) in [6.07, 6.45) is 3.21. The minimum absolute atomic E-state index is 0.119. The number of aliphatic hydroxyl groups is 1. The van der Waals surface area contributed by atoms with Gasteiger partial charge in [0.1, 0.15) is 0 Å². The maximum Gasteiger partial charge on any atom is 0.0639 e. The molecule has 0 bridgehead atoms. The van der Waals surface area contributed by atoms with Crippen LogP contribution in [0.4, 0.5) is 0 Å². The van der Waals surface area contributed by atoms with Crippen molar-refractivity contribution < 1.29 is 5.11 Å². The van der Waals surface area contributed by atoms with Crippen LogP contribution in [0, 0.1) is 0 Å². The topological polar surface area (TPSA) is 62.4 Å². The molecule has 15 heavy (non-hydrogen) atoms. The van der Waals surface area contributed by atoms with E-state index in [9.17, 15) is 5.11 Å². The lowest BCUT2D eigenvalue weighted by atomic mass is 10.1. The third-order valence-corrected chi connectivity index (χ3v) is 2.38. The van der Waals surface area contributed by atoms with E-state index < -0.39 is 0 Å². The van der Waals surface area contributed by atoms with Crippen molar-refractivity contribution in [3.05, 3.63) is 30.1 Å². The number of nitrogens with zero attached hydrogens (tertiary/aromatic N) is 2. The molecule has 0 aliphatic heterocycles. The summed E-state index contributed by atoms with van der Waals surface area (Å²) in [7, 11) is 1.96. The fourth-order valence-corrected chi connectivity index (χ4v) is 1.69. The van der Waals surface area contributed by atoms with E-state index in [0.717, 1.165) is 5.56 Å². The molecule has 0 fully saturated rings. The van der Waals surface area contributed by atoms with Crippen LogP contribution >= 0.6 is 0 Å². The zero-order valence-corrected chi connectivity index (χ0v) is 9.30. The lowest BCUT2D eigenvalue weighted by molar-refractivity contribution is 0.119. The number of aromatic nitrogens is 1. The van der Waals surface area contributed by atoms with E-state index in [4.69, 9.17) is 5.73 Å². The summed E-state index contributed by atoms with van der Waals surface area (Å²) in [5.74, 6) is 0. The maximum atomic E-state index is 9.32. The van der Waals surface area contributed by atoms with Gasteiger partial charge in [-0.05, 0) is 25.6 Å². The van der Waals surface area contributed by atoms with E-state index in [1.54, 1.807) is 13.1 Å². The number of nitrogens with two attached hydrogens (primary N) is 1. The van der Waals surface area contributed by atoms with Crippen molar-refractivity contribution in [2.75, 3.05) is 20.1 Å². The zero-order chi connectivity index (χ0) is 11.3. The van der Waals surface area contributed by atoms with Gasteiger partial charge in [0.15, 0.2) is 0 Å². The Morgan fingerprint density at radius 1 is 1.60 bits per heavy atom. The molecule has 0 saturated carbocycles. The minimum atomic E-state index is -0.347. The molecular weight excluding hydrogens is 190 g/mol. The summed E-state index contributed by atoms with van der Waals surface area (Å²) < 4.78 is 0. The number of hydrogen-bond acceptors (Lipinski definition) is 4. The SMILES string of the molecule is CC(O)CN(C)C(CN)c1cccnc1. The van der Waals surface area contributed by atoms with Gasteiger partial charge in [-0.25, -0.2) is 0 Å². The highest BCUT2D eigenvalue weighted by atomic mass is 16.3. The van der Waals surface area contributed by atoms with E-state index >= 15 is 0 Å². The second-order valence-electron chi connectivity index (χ2n) is 3.83. The Bertz CT molecular complexity index is 276. The molecule has 1 rings (SSSR count). The largest absolute Gasteiger partial charge is 0.392 e. The summed E-state index contributed by atoms with van der Waals surface area (Å²) in [6.45, 7) is 2.90. The first-order chi connectivity index (χ1) is 7.15. The summed E-state index contributed by atoms with van der Waals surface area (Å²) in [5, 5.41) is 9.32. The minimum Gasteiger partial charge on any atom is -0.392 e. The van der Waals surface area contributed by atoms with Crippen LogP contribution < -0.4 is 5.73 Å². The highest BCUT2D eigenvalue weighted by Gasteiger charge is 2.16. The summed E-state index contributed by atoms with van der Waals surface area (Å²) in [4.78, 5) is 6.11. The van der Waals surface area contributed by atoms with Gasteiger partial charge in [0.25, 0.3) is 0 Å². The van der Waals surface area contributed by atoms with Crippen molar-refractivity contribution in [2.24, 2.45) is 5.73 Å². The van der Waals surface area contributed by atoms with Crippen LogP contribution in [0.3, 0.4) is 0 Å². The number of aliphatic hydroxyl groups excluding tert-OH is 1. The van der Waals surface area contributed by atoms with Crippen molar-refractivity contribution in [1.29, 1.82) is 0 Å². The Hall–Kier alpha value is -0.970.